The van der Waals surface area contributed by atoms with Crippen molar-refractivity contribution in [1.29, 1.82) is 0 Å². The van der Waals surface area contributed by atoms with Crippen LogP contribution in [0.25, 0.3) is 16.6 Å². The number of carboxylic acids is 1. The second-order valence-corrected chi connectivity index (χ2v) is 9.73. The monoisotopic (exact) mass is 493 g/mol. The molecule has 0 spiro atoms. The molecule has 0 aliphatic carbocycles. The minimum absolute atomic E-state index is 0.214. The molecule has 4 aromatic rings. The van der Waals surface area contributed by atoms with Crippen molar-refractivity contribution in [1.82, 2.24) is 24.2 Å². The molecular weight excluding hydrogens is 470 g/mol. The maximum atomic E-state index is 13.2. The van der Waals surface area contributed by atoms with E-state index in [-0.39, 0.29) is 16.6 Å². The molecule has 0 radical (unpaired) electrons. The first kappa shape index (κ1) is 22.9. The number of hydrogen-bond donors (Lipinski definition) is 2. The predicted molar refractivity (Wildman–Crippen MR) is 132 cm³/mol. The largest absolute Gasteiger partial charge is 0.478 e. The number of aromatic carboxylic acids is 1. The third-order valence-corrected chi connectivity index (χ3v) is 6.99. The van der Waals surface area contributed by atoms with Gasteiger partial charge in [0.1, 0.15) is 6.33 Å². The summed E-state index contributed by atoms with van der Waals surface area (Å²) in [7, 11) is 1.55. The molecule has 0 saturated carbocycles. The molecule has 180 valence electrons. The third kappa shape index (κ3) is 3.81. The lowest BCUT2D eigenvalue weighted by molar-refractivity contribution is 0.0694. The lowest BCUT2D eigenvalue weighted by Crippen LogP contribution is -2.51. The van der Waals surface area contributed by atoms with E-state index in [0.717, 1.165) is 16.8 Å². The normalized spacial score (nSPS) is 17.4. The molecule has 2 aromatic carbocycles. The Balaban J connectivity index is 1.44. The number of amides is 1. The van der Waals surface area contributed by atoms with Gasteiger partial charge in [0.15, 0.2) is 0 Å². The number of carbonyl (C=O) groups is 2. The van der Waals surface area contributed by atoms with Crippen molar-refractivity contribution >= 4 is 34.4 Å². The fourth-order valence-electron chi connectivity index (χ4n) is 4.87. The molecule has 2 N–H and O–H groups in total. The highest BCUT2D eigenvalue weighted by Gasteiger charge is 2.36. The van der Waals surface area contributed by atoms with E-state index in [4.69, 9.17) is 11.6 Å². The Labute approximate surface area is 205 Å². The Kier molecular flexibility index (Phi) is 5.32. The molecule has 1 amide bonds. The maximum absolute atomic E-state index is 13.2. The van der Waals surface area contributed by atoms with Crippen LogP contribution in [-0.2, 0) is 20.0 Å². The molecule has 5 rings (SSSR count). The number of aryl methyl sites for hydroxylation is 2. The van der Waals surface area contributed by atoms with Crippen LogP contribution in [0.5, 0.6) is 0 Å². The van der Waals surface area contributed by atoms with Gasteiger partial charge in [0, 0.05) is 30.2 Å². The SMILES string of the molecule is Cc1ccc2c(c1)c(C(=O)O)c1n2C[C@](C)(NC(=O)c2ccc(-n3cnn(C)c3=O)cc2Cl)CC1. The van der Waals surface area contributed by atoms with Crippen LogP contribution in [0.15, 0.2) is 47.5 Å². The zero-order valence-electron chi connectivity index (χ0n) is 19.5. The lowest BCUT2D eigenvalue weighted by atomic mass is 9.89. The number of hydrogen-bond acceptors (Lipinski definition) is 4. The van der Waals surface area contributed by atoms with Gasteiger partial charge in [-0.15, -0.1) is 0 Å². The molecule has 1 aliphatic heterocycles. The summed E-state index contributed by atoms with van der Waals surface area (Å²) in [6.07, 6.45) is 2.49. The second-order valence-electron chi connectivity index (χ2n) is 9.32. The van der Waals surface area contributed by atoms with Crippen LogP contribution in [0, 0.1) is 6.92 Å². The molecule has 0 saturated heterocycles. The van der Waals surface area contributed by atoms with Crippen LogP contribution in [0.2, 0.25) is 5.02 Å². The van der Waals surface area contributed by atoms with E-state index in [1.54, 1.807) is 25.2 Å². The summed E-state index contributed by atoms with van der Waals surface area (Å²) in [4.78, 5) is 37.4. The molecular formula is C25H24ClN5O4. The Morgan fingerprint density at radius 2 is 1.97 bits per heavy atom. The number of benzene rings is 2. The van der Waals surface area contributed by atoms with Gasteiger partial charge in [-0.1, -0.05) is 23.2 Å². The van der Waals surface area contributed by atoms with E-state index in [9.17, 15) is 19.5 Å². The highest BCUT2D eigenvalue weighted by Crippen LogP contribution is 2.35. The van der Waals surface area contributed by atoms with E-state index in [2.05, 4.69) is 10.4 Å². The molecule has 1 aliphatic rings. The molecule has 10 heteroatoms. The second kappa shape index (κ2) is 8.13. The van der Waals surface area contributed by atoms with Gasteiger partial charge >= 0.3 is 11.7 Å². The van der Waals surface area contributed by atoms with Crippen molar-refractivity contribution in [3.05, 3.63) is 80.6 Å². The number of fused-ring (bicyclic) bond motifs is 3. The molecule has 1 atom stereocenters. The predicted octanol–water partition coefficient (Wildman–Crippen LogP) is 3.32. The number of aromatic nitrogens is 4. The smallest absolute Gasteiger partial charge is 0.350 e. The van der Waals surface area contributed by atoms with E-state index in [0.29, 0.717) is 41.6 Å². The quantitative estimate of drug-likeness (QED) is 0.453. The zero-order valence-corrected chi connectivity index (χ0v) is 20.3. The number of nitrogens with zero attached hydrogens (tertiary/aromatic N) is 4. The lowest BCUT2D eigenvalue weighted by Gasteiger charge is -2.36. The van der Waals surface area contributed by atoms with Crippen LogP contribution in [-0.4, -0.2) is 41.4 Å². The molecule has 0 bridgehead atoms. The molecule has 3 heterocycles. The summed E-state index contributed by atoms with van der Waals surface area (Å²) >= 11 is 6.43. The number of carbonyl (C=O) groups excluding carboxylic acids is 1. The van der Waals surface area contributed by atoms with Gasteiger partial charge in [-0.3, -0.25) is 4.79 Å². The molecule has 0 fully saturated rings. The summed E-state index contributed by atoms with van der Waals surface area (Å²) in [5, 5.41) is 17.8. The summed E-state index contributed by atoms with van der Waals surface area (Å²) in [6.45, 7) is 4.32. The van der Waals surface area contributed by atoms with Gasteiger partial charge in [0.05, 0.1) is 27.4 Å². The van der Waals surface area contributed by atoms with Crippen molar-refractivity contribution < 1.29 is 14.7 Å². The van der Waals surface area contributed by atoms with Crippen LogP contribution in [0.1, 0.15) is 45.3 Å². The van der Waals surface area contributed by atoms with Crippen molar-refractivity contribution in [3.8, 4) is 5.69 Å². The van der Waals surface area contributed by atoms with Crippen LogP contribution >= 0.6 is 11.6 Å². The van der Waals surface area contributed by atoms with Crippen molar-refractivity contribution in [2.24, 2.45) is 7.05 Å². The van der Waals surface area contributed by atoms with Crippen molar-refractivity contribution in [2.45, 2.75) is 38.8 Å². The standard InChI is InChI=1S/C25H24ClN5O4/c1-14-4-7-19-17(10-14)21(23(33)34)20-8-9-25(2,12-30(19)20)28-22(32)16-6-5-15(11-18(16)26)31-13-27-29(3)24(31)35/h4-7,10-11,13H,8-9,12H2,1-3H3,(H,28,32)(H,33,34)/t25-/m1/s1. The summed E-state index contributed by atoms with van der Waals surface area (Å²) in [5.74, 6) is -1.28. The number of nitrogens with one attached hydrogen (secondary N) is 1. The van der Waals surface area contributed by atoms with E-state index < -0.39 is 11.5 Å². The van der Waals surface area contributed by atoms with Crippen molar-refractivity contribution in [3.63, 3.8) is 0 Å². The van der Waals surface area contributed by atoms with E-state index in [1.807, 2.05) is 36.6 Å². The van der Waals surface area contributed by atoms with E-state index in [1.165, 1.54) is 15.6 Å². The van der Waals surface area contributed by atoms with Crippen molar-refractivity contribution in [2.75, 3.05) is 0 Å². The Morgan fingerprint density at radius 3 is 2.63 bits per heavy atom. The number of carboxylic acid groups (broad SMARTS) is 1. The minimum atomic E-state index is -0.943. The zero-order chi connectivity index (χ0) is 25.1. The minimum Gasteiger partial charge on any atom is -0.478 e. The van der Waals surface area contributed by atoms with Crippen LogP contribution < -0.4 is 11.0 Å². The topological polar surface area (TPSA) is 111 Å². The average molecular weight is 494 g/mol. The average Bonchev–Trinajstić information content (AvgIpc) is 3.29. The Morgan fingerprint density at radius 1 is 1.20 bits per heavy atom. The number of rotatable bonds is 4. The maximum Gasteiger partial charge on any atom is 0.350 e. The molecule has 0 unspecified atom stereocenters. The molecule has 9 nitrogen and oxygen atoms in total. The highest BCUT2D eigenvalue weighted by molar-refractivity contribution is 6.34. The van der Waals surface area contributed by atoms with Crippen LogP contribution in [0.4, 0.5) is 0 Å². The van der Waals surface area contributed by atoms with Gasteiger partial charge in [-0.05, 0) is 57.0 Å². The Hall–Kier alpha value is -3.85. The highest BCUT2D eigenvalue weighted by atomic mass is 35.5. The van der Waals surface area contributed by atoms with Gasteiger partial charge in [-0.2, -0.15) is 5.10 Å². The Bertz CT molecular complexity index is 1580. The molecule has 35 heavy (non-hydrogen) atoms. The fourth-order valence-corrected chi connectivity index (χ4v) is 5.13. The summed E-state index contributed by atoms with van der Waals surface area (Å²) in [5.41, 5.74) is 2.80. The fraction of sp³-hybridized carbons (Fsp3) is 0.280. The third-order valence-electron chi connectivity index (χ3n) is 6.68. The first-order valence-electron chi connectivity index (χ1n) is 11.2. The van der Waals surface area contributed by atoms with Gasteiger partial charge in [0.25, 0.3) is 5.91 Å². The van der Waals surface area contributed by atoms with Gasteiger partial charge in [0.2, 0.25) is 0 Å². The summed E-state index contributed by atoms with van der Waals surface area (Å²) < 4.78 is 4.55. The summed E-state index contributed by atoms with van der Waals surface area (Å²) in [6, 6.07) is 10.6. The van der Waals surface area contributed by atoms with Crippen LogP contribution in [0.3, 0.4) is 0 Å². The van der Waals surface area contributed by atoms with Gasteiger partial charge < -0.3 is 15.0 Å². The van der Waals surface area contributed by atoms with E-state index >= 15 is 0 Å². The first-order valence-corrected chi connectivity index (χ1v) is 11.5. The number of halogens is 1. The molecule has 2 aromatic heterocycles. The first-order chi connectivity index (χ1) is 16.6. The van der Waals surface area contributed by atoms with Gasteiger partial charge in [-0.25, -0.2) is 18.8 Å².